The molecule has 2 aliphatic rings. The summed E-state index contributed by atoms with van der Waals surface area (Å²) in [6.07, 6.45) is 3.45. The van der Waals surface area contributed by atoms with Crippen molar-refractivity contribution >= 4 is 16.9 Å². The van der Waals surface area contributed by atoms with Gasteiger partial charge in [-0.15, -0.1) is 0 Å². The fourth-order valence-corrected chi connectivity index (χ4v) is 4.80. The molecule has 9 heteroatoms. The molecule has 6 rings (SSSR count). The number of alkyl halides is 2. The number of amides is 1. The van der Waals surface area contributed by atoms with Crippen LogP contribution in [-0.4, -0.2) is 43.5 Å². The molecular weight excluding hydrogens is 440 g/mol. The van der Waals surface area contributed by atoms with Crippen LogP contribution in [-0.2, 0) is 7.05 Å². The largest absolute Gasteiger partial charge is 0.434 e. The number of imidazole rings is 2. The van der Waals surface area contributed by atoms with Gasteiger partial charge in [0.05, 0.1) is 35.6 Å². The summed E-state index contributed by atoms with van der Waals surface area (Å²) >= 11 is 0. The van der Waals surface area contributed by atoms with E-state index in [0.717, 1.165) is 10.6 Å². The minimum Gasteiger partial charge on any atom is -0.434 e. The SMILES string of the molecule is [2H]C([2H])([2H])N1C(=O)c2cccc(OC(F)F)c2[C@H]2C[C@@H]1c1nc3ccc(C#Cc4cncn4C)cc3n12. The van der Waals surface area contributed by atoms with Gasteiger partial charge >= 0.3 is 6.61 Å². The summed E-state index contributed by atoms with van der Waals surface area (Å²) in [5, 5.41) is 0. The first kappa shape index (κ1) is 17.3. The van der Waals surface area contributed by atoms with Gasteiger partial charge in [0.1, 0.15) is 17.3 Å². The average Bonchev–Trinajstić information content (AvgIpc) is 3.48. The highest BCUT2D eigenvalue weighted by molar-refractivity contribution is 5.97. The summed E-state index contributed by atoms with van der Waals surface area (Å²) < 4.78 is 59.3. The van der Waals surface area contributed by atoms with E-state index in [2.05, 4.69) is 21.8 Å². The van der Waals surface area contributed by atoms with Crippen LogP contribution in [0.3, 0.4) is 0 Å². The Kier molecular flexibility index (Phi) is 3.78. The van der Waals surface area contributed by atoms with Crippen LogP contribution >= 0.6 is 0 Å². The predicted molar refractivity (Wildman–Crippen MR) is 120 cm³/mol. The molecule has 0 saturated carbocycles. The van der Waals surface area contributed by atoms with Crippen molar-refractivity contribution in [2.24, 2.45) is 7.05 Å². The Morgan fingerprint density at radius 2 is 2.12 bits per heavy atom. The maximum Gasteiger partial charge on any atom is 0.387 e. The zero-order valence-corrected chi connectivity index (χ0v) is 17.9. The highest BCUT2D eigenvalue weighted by Crippen LogP contribution is 2.49. The van der Waals surface area contributed by atoms with Crippen molar-refractivity contribution in [3.8, 4) is 17.6 Å². The van der Waals surface area contributed by atoms with Gasteiger partial charge < -0.3 is 18.8 Å². The maximum atomic E-state index is 13.5. The van der Waals surface area contributed by atoms with Crippen LogP contribution in [0.5, 0.6) is 5.75 Å². The summed E-state index contributed by atoms with van der Waals surface area (Å²) in [6, 6.07) is 8.07. The number of halogens is 2. The number of carbonyl (C=O) groups excluding carboxylic acids is 1. The van der Waals surface area contributed by atoms with Gasteiger partial charge in [0, 0.05) is 41.2 Å². The molecule has 2 aromatic heterocycles. The lowest BCUT2D eigenvalue weighted by Crippen LogP contribution is -2.30. The van der Waals surface area contributed by atoms with E-state index in [4.69, 9.17) is 8.85 Å². The van der Waals surface area contributed by atoms with Gasteiger partial charge in [-0.05, 0) is 36.3 Å². The second-order valence-corrected chi connectivity index (χ2v) is 8.22. The molecule has 0 radical (unpaired) electrons. The number of benzene rings is 2. The van der Waals surface area contributed by atoms with Gasteiger partial charge in [-0.3, -0.25) is 4.79 Å². The van der Waals surface area contributed by atoms with E-state index in [9.17, 15) is 13.6 Å². The Morgan fingerprint density at radius 3 is 2.88 bits per heavy atom. The van der Waals surface area contributed by atoms with Gasteiger partial charge in [0.2, 0.25) is 0 Å². The number of hydrogen-bond acceptors (Lipinski definition) is 4. The van der Waals surface area contributed by atoms with E-state index in [1.165, 1.54) is 18.2 Å². The Balaban J connectivity index is 1.58. The molecular formula is C25H19F2N5O2. The van der Waals surface area contributed by atoms with Crippen molar-refractivity contribution in [1.29, 1.82) is 0 Å². The number of nitrogens with zero attached hydrogens (tertiary/aromatic N) is 5. The van der Waals surface area contributed by atoms with Gasteiger partial charge in [-0.25, -0.2) is 9.97 Å². The molecule has 0 saturated heterocycles. The van der Waals surface area contributed by atoms with Gasteiger partial charge in [0.25, 0.3) is 5.91 Å². The first-order chi connectivity index (χ1) is 17.6. The molecule has 2 aromatic carbocycles. The van der Waals surface area contributed by atoms with Crippen LogP contribution < -0.4 is 4.74 Å². The molecule has 2 aliphatic heterocycles. The molecule has 4 aromatic rings. The van der Waals surface area contributed by atoms with Crippen LogP contribution in [0, 0.1) is 11.8 Å². The zero-order valence-electron chi connectivity index (χ0n) is 20.9. The molecule has 4 heterocycles. The number of ether oxygens (including phenoxy) is 1. The van der Waals surface area contributed by atoms with E-state index in [1.807, 2.05) is 17.7 Å². The monoisotopic (exact) mass is 462 g/mol. The van der Waals surface area contributed by atoms with Crippen molar-refractivity contribution < 1.29 is 22.4 Å². The molecule has 0 spiro atoms. The predicted octanol–water partition coefficient (Wildman–Crippen LogP) is 3.89. The molecule has 2 bridgehead atoms. The summed E-state index contributed by atoms with van der Waals surface area (Å²) in [6.45, 7) is -5.89. The smallest absolute Gasteiger partial charge is 0.387 e. The minimum atomic E-state index is -3.12. The zero-order chi connectivity index (χ0) is 26.1. The number of carbonyl (C=O) groups is 1. The van der Waals surface area contributed by atoms with Gasteiger partial charge in [-0.1, -0.05) is 12.0 Å². The topological polar surface area (TPSA) is 65.2 Å². The Labute approximate surface area is 197 Å². The molecule has 0 aliphatic carbocycles. The van der Waals surface area contributed by atoms with E-state index < -0.39 is 31.6 Å². The van der Waals surface area contributed by atoms with E-state index in [0.29, 0.717) is 22.4 Å². The number of hydrogen-bond donors (Lipinski definition) is 0. The van der Waals surface area contributed by atoms with Crippen molar-refractivity contribution in [2.75, 3.05) is 6.98 Å². The average molecular weight is 462 g/mol. The lowest BCUT2D eigenvalue weighted by molar-refractivity contribution is -0.0507. The first-order valence-corrected chi connectivity index (χ1v) is 10.5. The molecule has 0 N–H and O–H groups in total. The lowest BCUT2D eigenvalue weighted by atomic mass is 9.97. The van der Waals surface area contributed by atoms with Crippen molar-refractivity contribution in [3.05, 3.63) is 77.1 Å². The summed E-state index contributed by atoms with van der Waals surface area (Å²) in [5.41, 5.74) is 2.86. The third-order valence-electron chi connectivity index (χ3n) is 6.30. The van der Waals surface area contributed by atoms with Crippen LogP contribution in [0.1, 0.15) is 55.6 Å². The fourth-order valence-electron chi connectivity index (χ4n) is 4.80. The van der Waals surface area contributed by atoms with Crippen LogP contribution in [0.4, 0.5) is 8.78 Å². The third-order valence-corrected chi connectivity index (χ3v) is 6.30. The normalized spacial score (nSPS) is 20.2. The number of fused-ring (bicyclic) bond motifs is 9. The van der Waals surface area contributed by atoms with Crippen molar-refractivity contribution in [3.63, 3.8) is 0 Å². The standard InChI is InChI=1S/C25H19F2N5O2/c1-30-13-28-12-15(30)8-6-14-7-9-17-18(10-14)32-19-11-20(23(32)29-17)31(2)24(33)16-4-3-5-21(22(16)19)34-25(26)27/h3-5,7,9-10,12-13,19-20,25H,11H2,1-2H3/t19-,20-/m1/s1/i2D3. The van der Waals surface area contributed by atoms with E-state index in [1.54, 1.807) is 29.2 Å². The highest BCUT2D eigenvalue weighted by Gasteiger charge is 2.44. The number of rotatable bonds is 2. The highest BCUT2D eigenvalue weighted by atomic mass is 19.3. The quantitative estimate of drug-likeness (QED) is 0.424. The second-order valence-electron chi connectivity index (χ2n) is 8.22. The molecule has 1 amide bonds. The second kappa shape index (κ2) is 7.42. The van der Waals surface area contributed by atoms with Crippen LogP contribution in [0.2, 0.25) is 0 Å². The Morgan fingerprint density at radius 1 is 1.24 bits per heavy atom. The van der Waals surface area contributed by atoms with Crippen molar-refractivity contribution in [2.45, 2.75) is 25.1 Å². The van der Waals surface area contributed by atoms with Crippen LogP contribution in [0.15, 0.2) is 48.9 Å². The van der Waals surface area contributed by atoms with Crippen LogP contribution in [0.25, 0.3) is 11.0 Å². The molecule has 7 nitrogen and oxygen atoms in total. The third kappa shape index (κ3) is 2.99. The minimum absolute atomic E-state index is 0.0152. The van der Waals surface area contributed by atoms with Gasteiger partial charge in [-0.2, -0.15) is 8.78 Å². The van der Waals surface area contributed by atoms with Crippen molar-refractivity contribution in [1.82, 2.24) is 24.0 Å². The summed E-state index contributed by atoms with van der Waals surface area (Å²) in [5.74, 6) is 5.59. The molecule has 34 heavy (non-hydrogen) atoms. The van der Waals surface area contributed by atoms with Gasteiger partial charge in [0.15, 0.2) is 0 Å². The summed E-state index contributed by atoms with van der Waals surface area (Å²) in [7, 11) is 1.84. The Bertz CT molecular complexity index is 1630. The molecule has 0 unspecified atom stereocenters. The molecule has 170 valence electrons. The Hall–Kier alpha value is -4.19. The summed E-state index contributed by atoms with van der Waals surface area (Å²) in [4.78, 5) is 23.0. The number of aromatic nitrogens is 4. The molecule has 0 fully saturated rings. The molecule has 2 atom stereocenters. The van der Waals surface area contributed by atoms with E-state index in [-0.39, 0.29) is 23.3 Å². The number of aryl methyl sites for hydroxylation is 1. The van der Waals surface area contributed by atoms with E-state index >= 15 is 0 Å². The fraction of sp³-hybridized carbons (Fsp3) is 0.240. The maximum absolute atomic E-state index is 13.5. The first-order valence-electron chi connectivity index (χ1n) is 12.0. The lowest BCUT2D eigenvalue weighted by Gasteiger charge is -2.24.